The van der Waals surface area contributed by atoms with Crippen LogP contribution >= 0.6 is 11.6 Å². The molecule has 1 aliphatic rings. The number of halogens is 1. The zero-order chi connectivity index (χ0) is 19.1. The van der Waals surface area contributed by atoms with Crippen LogP contribution < -0.4 is 10.5 Å². The van der Waals surface area contributed by atoms with Crippen LogP contribution in [0.1, 0.15) is 65.9 Å². The number of rotatable bonds is 3. The highest BCUT2D eigenvalue weighted by atomic mass is 35.5. The first-order chi connectivity index (χ1) is 12.1. The quantitative estimate of drug-likeness (QED) is 0.651. The summed E-state index contributed by atoms with van der Waals surface area (Å²) in [5.74, 6) is 1.59. The second-order valence-corrected chi connectivity index (χ2v) is 9.87. The van der Waals surface area contributed by atoms with Crippen molar-refractivity contribution in [1.29, 1.82) is 0 Å². The topological polar surface area (TPSA) is 35.2 Å². The van der Waals surface area contributed by atoms with Crippen LogP contribution in [0.15, 0.2) is 30.3 Å². The summed E-state index contributed by atoms with van der Waals surface area (Å²) >= 11 is 6.67. The Balaban J connectivity index is 1.76. The van der Waals surface area contributed by atoms with Gasteiger partial charge in [0.1, 0.15) is 5.75 Å². The average Bonchev–Trinajstić information content (AvgIpc) is 2.56. The second-order valence-electron chi connectivity index (χ2n) is 9.49. The molecule has 2 nitrogen and oxygen atoms in total. The molecule has 0 saturated heterocycles. The van der Waals surface area contributed by atoms with Gasteiger partial charge in [-0.2, -0.15) is 0 Å². The highest BCUT2D eigenvalue weighted by Crippen LogP contribution is 2.40. The molecule has 1 saturated carbocycles. The maximum absolute atomic E-state index is 6.67. The third kappa shape index (κ3) is 4.18. The van der Waals surface area contributed by atoms with Crippen LogP contribution in [-0.2, 0) is 5.54 Å². The predicted octanol–water partition coefficient (Wildman–Crippen LogP) is 6.67. The Morgan fingerprint density at radius 1 is 0.962 bits per heavy atom. The van der Waals surface area contributed by atoms with E-state index in [0.29, 0.717) is 10.4 Å². The van der Waals surface area contributed by atoms with Crippen molar-refractivity contribution in [3.05, 3.63) is 40.9 Å². The van der Waals surface area contributed by atoms with Gasteiger partial charge in [-0.1, -0.05) is 50.6 Å². The van der Waals surface area contributed by atoms with E-state index >= 15 is 0 Å². The fourth-order valence-corrected chi connectivity index (χ4v) is 4.27. The summed E-state index contributed by atoms with van der Waals surface area (Å²) in [6.07, 6.45) is 4.95. The molecular formula is C23H32ClNO. The van der Waals surface area contributed by atoms with Crippen molar-refractivity contribution >= 4 is 22.4 Å². The van der Waals surface area contributed by atoms with Crippen LogP contribution in [0.2, 0.25) is 5.02 Å². The lowest BCUT2D eigenvalue weighted by Crippen LogP contribution is -2.30. The first kappa shape index (κ1) is 19.5. The zero-order valence-electron chi connectivity index (χ0n) is 16.7. The van der Waals surface area contributed by atoms with Gasteiger partial charge in [0, 0.05) is 10.9 Å². The van der Waals surface area contributed by atoms with Crippen LogP contribution in [0.25, 0.3) is 10.8 Å². The van der Waals surface area contributed by atoms with Gasteiger partial charge in [-0.05, 0) is 73.9 Å². The van der Waals surface area contributed by atoms with Crippen LogP contribution in [0, 0.1) is 11.3 Å². The van der Waals surface area contributed by atoms with E-state index in [0.717, 1.165) is 40.8 Å². The summed E-state index contributed by atoms with van der Waals surface area (Å²) in [6, 6.07) is 10.3. The molecule has 0 atom stereocenters. The fraction of sp³-hybridized carbons (Fsp3) is 0.565. The number of hydrogen-bond donors (Lipinski definition) is 1. The Morgan fingerprint density at radius 2 is 1.62 bits per heavy atom. The number of hydrogen-bond acceptors (Lipinski definition) is 2. The van der Waals surface area contributed by atoms with Crippen LogP contribution in [0.5, 0.6) is 5.75 Å². The maximum Gasteiger partial charge on any atom is 0.138 e. The number of fused-ring (bicyclic) bond motifs is 1. The van der Waals surface area contributed by atoms with E-state index in [9.17, 15) is 0 Å². The smallest absolute Gasteiger partial charge is 0.138 e. The van der Waals surface area contributed by atoms with E-state index in [2.05, 4.69) is 45.0 Å². The molecule has 142 valence electrons. The van der Waals surface area contributed by atoms with E-state index in [1.807, 2.05) is 19.9 Å². The molecule has 2 aromatic carbocycles. The van der Waals surface area contributed by atoms with Gasteiger partial charge in [0.25, 0.3) is 0 Å². The van der Waals surface area contributed by atoms with Crippen molar-refractivity contribution in [2.45, 2.75) is 71.9 Å². The summed E-state index contributed by atoms with van der Waals surface area (Å²) in [6.45, 7) is 11.1. The molecule has 0 bridgehead atoms. The molecule has 0 spiro atoms. The van der Waals surface area contributed by atoms with E-state index in [-0.39, 0.29) is 11.6 Å². The second kappa shape index (κ2) is 7.05. The molecule has 0 unspecified atom stereocenters. The van der Waals surface area contributed by atoms with Gasteiger partial charge in [0.05, 0.1) is 11.1 Å². The van der Waals surface area contributed by atoms with Crippen molar-refractivity contribution < 1.29 is 4.74 Å². The number of nitrogens with two attached hydrogens (primary N) is 1. The third-order valence-electron chi connectivity index (χ3n) is 5.86. The van der Waals surface area contributed by atoms with Crippen molar-refractivity contribution in [2.24, 2.45) is 17.1 Å². The van der Waals surface area contributed by atoms with Crippen LogP contribution in [0.4, 0.5) is 0 Å². The monoisotopic (exact) mass is 373 g/mol. The van der Waals surface area contributed by atoms with Gasteiger partial charge in [0.15, 0.2) is 0 Å². The average molecular weight is 374 g/mol. The van der Waals surface area contributed by atoms with Gasteiger partial charge < -0.3 is 10.5 Å². The van der Waals surface area contributed by atoms with E-state index in [1.165, 1.54) is 12.8 Å². The lowest BCUT2D eigenvalue weighted by Gasteiger charge is -2.37. The molecule has 0 heterocycles. The van der Waals surface area contributed by atoms with Gasteiger partial charge in [-0.15, -0.1) is 0 Å². The van der Waals surface area contributed by atoms with Crippen LogP contribution in [0.3, 0.4) is 0 Å². The molecule has 0 amide bonds. The minimum absolute atomic E-state index is 0.269. The summed E-state index contributed by atoms with van der Waals surface area (Å²) in [5.41, 5.74) is 7.36. The van der Waals surface area contributed by atoms with Crippen molar-refractivity contribution in [3.63, 3.8) is 0 Å². The van der Waals surface area contributed by atoms with E-state index in [1.54, 1.807) is 0 Å². The van der Waals surface area contributed by atoms with Gasteiger partial charge in [-0.25, -0.2) is 0 Å². The normalized spacial score (nSPS) is 21.8. The SMILES string of the molecule is CC(C)(N)c1ccc2c(Cl)c(O[C@H]3CC[C@H](C(C)(C)C)CC3)ccc2c1. The molecule has 0 aromatic heterocycles. The van der Waals surface area contributed by atoms with Crippen molar-refractivity contribution in [3.8, 4) is 5.75 Å². The van der Waals surface area contributed by atoms with Crippen LogP contribution in [-0.4, -0.2) is 6.10 Å². The summed E-state index contributed by atoms with van der Waals surface area (Å²) in [5, 5.41) is 2.84. The minimum Gasteiger partial charge on any atom is -0.489 e. The molecule has 3 rings (SSSR count). The van der Waals surface area contributed by atoms with Gasteiger partial charge in [-0.3, -0.25) is 0 Å². The molecule has 1 aliphatic carbocycles. The molecule has 26 heavy (non-hydrogen) atoms. The minimum atomic E-state index is -0.360. The largest absolute Gasteiger partial charge is 0.489 e. The number of benzene rings is 2. The molecule has 0 aliphatic heterocycles. The van der Waals surface area contributed by atoms with E-state index < -0.39 is 0 Å². The molecule has 2 aromatic rings. The standard InChI is InChI=1S/C23H32ClNO/c1-22(2,3)16-7-10-18(11-8-16)26-20-13-6-15-14-17(23(4,5)25)9-12-19(15)21(20)24/h6,9,12-14,16,18H,7-8,10-11,25H2,1-5H3/t16-,18-. The molecule has 0 radical (unpaired) electrons. The highest BCUT2D eigenvalue weighted by Gasteiger charge is 2.30. The highest BCUT2D eigenvalue weighted by molar-refractivity contribution is 6.37. The molecule has 3 heteroatoms. The van der Waals surface area contributed by atoms with E-state index in [4.69, 9.17) is 22.1 Å². The van der Waals surface area contributed by atoms with Gasteiger partial charge >= 0.3 is 0 Å². The summed E-state index contributed by atoms with van der Waals surface area (Å²) in [7, 11) is 0. The summed E-state index contributed by atoms with van der Waals surface area (Å²) < 4.78 is 6.30. The predicted molar refractivity (Wildman–Crippen MR) is 112 cm³/mol. The lowest BCUT2D eigenvalue weighted by atomic mass is 9.72. The van der Waals surface area contributed by atoms with Crippen molar-refractivity contribution in [2.75, 3.05) is 0 Å². The third-order valence-corrected chi connectivity index (χ3v) is 6.25. The Kier molecular flexibility index (Phi) is 5.29. The Labute approximate surface area is 163 Å². The molecule has 2 N–H and O–H groups in total. The van der Waals surface area contributed by atoms with Gasteiger partial charge in [0.2, 0.25) is 0 Å². The Hall–Kier alpha value is -1.25. The zero-order valence-corrected chi connectivity index (χ0v) is 17.5. The molecular weight excluding hydrogens is 342 g/mol. The summed E-state index contributed by atoms with van der Waals surface area (Å²) in [4.78, 5) is 0. The maximum atomic E-state index is 6.67. The first-order valence-corrected chi connectivity index (χ1v) is 10.1. The Bertz CT molecular complexity index is 777. The molecule has 1 fully saturated rings. The van der Waals surface area contributed by atoms with Crippen molar-refractivity contribution in [1.82, 2.24) is 0 Å². The fourth-order valence-electron chi connectivity index (χ4n) is 3.99. The first-order valence-electron chi connectivity index (χ1n) is 9.74. The lowest BCUT2D eigenvalue weighted by molar-refractivity contribution is 0.0884. The Morgan fingerprint density at radius 3 is 2.19 bits per heavy atom. The number of ether oxygens (including phenoxy) is 1.